The van der Waals surface area contributed by atoms with Crippen molar-refractivity contribution in [1.82, 2.24) is 9.78 Å². The normalized spacial score (nSPS) is 10.3. The second kappa shape index (κ2) is 4.41. The van der Waals surface area contributed by atoms with Gasteiger partial charge in [0.2, 0.25) is 0 Å². The van der Waals surface area contributed by atoms with Crippen LogP contribution in [0.4, 0.5) is 0 Å². The van der Waals surface area contributed by atoms with Crippen molar-refractivity contribution >= 4 is 5.97 Å². The van der Waals surface area contributed by atoms with Gasteiger partial charge < -0.3 is 4.74 Å². The zero-order valence-corrected chi connectivity index (χ0v) is 10.1. The van der Waals surface area contributed by atoms with Crippen molar-refractivity contribution in [2.75, 3.05) is 7.11 Å². The molecule has 0 saturated carbocycles. The first-order valence-electron chi connectivity index (χ1n) is 5.32. The molecule has 0 atom stereocenters. The summed E-state index contributed by atoms with van der Waals surface area (Å²) in [6.45, 7) is 1.88. The minimum Gasteiger partial charge on any atom is -0.464 e. The summed E-state index contributed by atoms with van der Waals surface area (Å²) in [4.78, 5) is 11.6. The maximum absolute atomic E-state index is 11.6. The van der Waals surface area contributed by atoms with E-state index in [0.29, 0.717) is 5.69 Å². The Morgan fingerprint density at radius 2 is 1.94 bits per heavy atom. The first-order chi connectivity index (χ1) is 8.15. The summed E-state index contributed by atoms with van der Waals surface area (Å²) < 4.78 is 6.31. The van der Waals surface area contributed by atoms with Crippen LogP contribution >= 0.6 is 0 Å². The molecule has 0 N–H and O–H groups in total. The lowest BCUT2D eigenvalue weighted by Gasteiger charge is -2.00. The lowest BCUT2D eigenvalue weighted by atomic mass is 10.1. The molecule has 0 bridgehead atoms. The fraction of sp³-hybridized carbons (Fsp3) is 0.231. The smallest absolute Gasteiger partial charge is 0.356 e. The summed E-state index contributed by atoms with van der Waals surface area (Å²) >= 11 is 0. The predicted molar refractivity (Wildman–Crippen MR) is 64.7 cm³/mol. The fourth-order valence-corrected chi connectivity index (χ4v) is 1.88. The quantitative estimate of drug-likeness (QED) is 0.743. The van der Waals surface area contributed by atoms with Crippen LogP contribution in [0.15, 0.2) is 30.3 Å². The Labute approximate surface area is 99.8 Å². The highest BCUT2D eigenvalue weighted by Gasteiger charge is 2.19. The van der Waals surface area contributed by atoms with Gasteiger partial charge in [0, 0.05) is 18.2 Å². The molecule has 0 radical (unpaired) electrons. The van der Waals surface area contributed by atoms with Crippen molar-refractivity contribution in [1.29, 1.82) is 0 Å². The Morgan fingerprint density at radius 1 is 1.29 bits per heavy atom. The first-order valence-corrected chi connectivity index (χ1v) is 5.32. The summed E-state index contributed by atoms with van der Waals surface area (Å²) in [5.74, 6) is -0.361. The van der Waals surface area contributed by atoms with Crippen LogP contribution in [0.1, 0.15) is 16.1 Å². The number of hydrogen-bond acceptors (Lipinski definition) is 3. The van der Waals surface area contributed by atoms with Gasteiger partial charge in [0.05, 0.1) is 12.8 Å². The minimum atomic E-state index is -0.361. The summed E-state index contributed by atoms with van der Waals surface area (Å²) in [5.41, 5.74) is 3.14. The zero-order valence-electron chi connectivity index (χ0n) is 10.1. The molecule has 88 valence electrons. The maximum atomic E-state index is 11.6. The number of hydrogen-bond donors (Lipinski definition) is 0. The van der Waals surface area contributed by atoms with E-state index in [9.17, 15) is 4.79 Å². The Morgan fingerprint density at radius 3 is 2.53 bits per heavy atom. The molecule has 0 aliphatic rings. The minimum absolute atomic E-state index is 0.361. The molecule has 0 aliphatic heterocycles. The third-order valence-electron chi connectivity index (χ3n) is 2.71. The molecule has 0 aliphatic carbocycles. The average molecular weight is 230 g/mol. The Hall–Kier alpha value is -2.10. The van der Waals surface area contributed by atoms with Crippen molar-refractivity contribution in [3.05, 3.63) is 41.6 Å². The third-order valence-corrected chi connectivity index (χ3v) is 2.71. The van der Waals surface area contributed by atoms with Crippen LogP contribution in [0, 0.1) is 6.92 Å². The lowest BCUT2D eigenvalue weighted by molar-refractivity contribution is 0.0587. The van der Waals surface area contributed by atoms with Crippen molar-refractivity contribution in [3.63, 3.8) is 0 Å². The summed E-state index contributed by atoms with van der Waals surface area (Å²) in [6, 6.07) is 9.78. The highest BCUT2D eigenvalue weighted by atomic mass is 16.5. The van der Waals surface area contributed by atoms with Crippen molar-refractivity contribution in [2.45, 2.75) is 6.92 Å². The molecule has 0 saturated heterocycles. The van der Waals surface area contributed by atoms with E-state index in [4.69, 9.17) is 4.74 Å². The zero-order chi connectivity index (χ0) is 12.4. The van der Waals surface area contributed by atoms with E-state index in [1.165, 1.54) is 7.11 Å². The van der Waals surface area contributed by atoms with Gasteiger partial charge >= 0.3 is 5.97 Å². The van der Waals surface area contributed by atoms with Crippen LogP contribution in [0.5, 0.6) is 0 Å². The molecule has 0 fully saturated rings. The molecule has 1 aromatic carbocycles. The van der Waals surface area contributed by atoms with Gasteiger partial charge in [0.25, 0.3) is 0 Å². The largest absolute Gasteiger partial charge is 0.464 e. The highest BCUT2D eigenvalue weighted by molar-refractivity contribution is 5.91. The molecule has 1 heterocycles. The molecule has 4 nitrogen and oxygen atoms in total. The van der Waals surface area contributed by atoms with E-state index in [1.807, 2.05) is 37.3 Å². The van der Waals surface area contributed by atoms with E-state index in [2.05, 4.69) is 5.10 Å². The topological polar surface area (TPSA) is 44.1 Å². The van der Waals surface area contributed by atoms with Crippen LogP contribution < -0.4 is 0 Å². The maximum Gasteiger partial charge on any atom is 0.356 e. The standard InChI is InChI=1S/C13H14N2O2/c1-9-11(10-7-5-4-6-8-10)14-15(2)12(9)13(16)17-3/h4-8H,1-3H3. The Bertz CT molecular complexity index is 544. The highest BCUT2D eigenvalue weighted by Crippen LogP contribution is 2.24. The fourth-order valence-electron chi connectivity index (χ4n) is 1.88. The number of aryl methyl sites for hydroxylation is 1. The molecule has 2 aromatic rings. The number of ether oxygens (including phenoxy) is 1. The number of aromatic nitrogens is 2. The third kappa shape index (κ3) is 1.93. The van der Waals surface area contributed by atoms with E-state index >= 15 is 0 Å². The molecule has 4 heteroatoms. The van der Waals surface area contributed by atoms with Gasteiger partial charge in [-0.15, -0.1) is 0 Å². The van der Waals surface area contributed by atoms with E-state index in [0.717, 1.165) is 16.8 Å². The van der Waals surface area contributed by atoms with Crippen molar-refractivity contribution in [3.8, 4) is 11.3 Å². The summed E-state index contributed by atoms with van der Waals surface area (Å²) in [6.07, 6.45) is 0. The summed E-state index contributed by atoms with van der Waals surface area (Å²) in [7, 11) is 3.11. The van der Waals surface area contributed by atoms with Gasteiger partial charge in [0.15, 0.2) is 0 Å². The molecular weight excluding hydrogens is 216 g/mol. The SMILES string of the molecule is COC(=O)c1c(C)c(-c2ccccc2)nn1C. The number of carbonyl (C=O) groups is 1. The number of nitrogens with zero attached hydrogens (tertiary/aromatic N) is 2. The van der Waals surface area contributed by atoms with Crippen LogP contribution in [-0.2, 0) is 11.8 Å². The summed E-state index contributed by atoms with van der Waals surface area (Å²) in [5, 5.41) is 4.37. The van der Waals surface area contributed by atoms with Gasteiger partial charge in [0.1, 0.15) is 5.69 Å². The van der Waals surface area contributed by atoms with E-state index in [-0.39, 0.29) is 5.97 Å². The number of esters is 1. The van der Waals surface area contributed by atoms with Gasteiger partial charge in [-0.05, 0) is 6.92 Å². The molecule has 0 unspecified atom stereocenters. The number of benzene rings is 1. The number of rotatable bonds is 2. The van der Waals surface area contributed by atoms with Gasteiger partial charge in [-0.25, -0.2) is 4.79 Å². The second-order valence-electron chi connectivity index (χ2n) is 3.80. The molecular formula is C13H14N2O2. The molecule has 0 spiro atoms. The lowest BCUT2D eigenvalue weighted by Crippen LogP contribution is -2.09. The van der Waals surface area contributed by atoms with Crippen LogP contribution in [0.3, 0.4) is 0 Å². The molecule has 0 amide bonds. The Balaban J connectivity index is 2.56. The van der Waals surface area contributed by atoms with Gasteiger partial charge in [-0.3, -0.25) is 4.68 Å². The Kier molecular flexibility index (Phi) is 2.95. The van der Waals surface area contributed by atoms with E-state index < -0.39 is 0 Å². The van der Waals surface area contributed by atoms with Crippen molar-refractivity contribution < 1.29 is 9.53 Å². The molecule has 1 aromatic heterocycles. The number of carbonyl (C=O) groups excluding carboxylic acids is 1. The predicted octanol–water partition coefficient (Wildman–Crippen LogP) is 2.18. The first kappa shape index (κ1) is 11.4. The van der Waals surface area contributed by atoms with Crippen LogP contribution in [0.25, 0.3) is 11.3 Å². The van der Waals surface area contributed by atoms with Gasteiger partial charge in [-0.1, -0.05) is 30.3 Å². The number of methoxy groups -OCH3 is 1. The van der Waals surface area contributed by atoms with Crippen molar-refractivity contribution in [2.24, 2.45) is 7.05 Å². The van der Waals surface area contributed by atoms with Gasteiger partial charge in [-0.2, -0.15) is 5.10 Å². The molecule has 17 heavy (non-hydrogen) atoms. The monoisotopic (exact) mass is 230 g/mol. The van der Waals surface area contributed by atoms with E-state index in [1.54, 1.807) is 11.7 Å². The molecule has 2 rings (SSSR count). The van der Waals surface area contributed by atoms with Crippen LogP contribution in [-0.4, -0.2) is 22.9 Å². The average Bonchev–Trinajstić information content (AvgIpc) is 2.65. The van der Waals surface area contributed by atoms with Crippen LogP contribution in [0.2, 0.25) is 0 Å². The second-order valence-corrected chi connectivity index (χ2v) is 3.80.